The highest BCUT2D eigenvalue weighted by atomic mass is 16.7. The number of fused-ring (bicyclic) bond motifs is 2. The van der Waals surface area contributed by atoms with Gasteiger partial charge in [-0.25, -0.2) is 4.79 Å². The fraction of sp³-hybridized carbons (Fsp3) is 0.148. The average Bonchev–Trinajstić information content (AvgIpc) is 3.59. The van der Waals surface area contributed by atoms with Crippen LogP contribution in [0.5, 0.6) is 11.5 Å². The lowest BCUT2D eigenvalue weighted by Gasteiger charge is -2.14. The van der Waals surface area contributed by atoms with Crippen LogP contribution in [-0.2, 0) is 17.9 Å². The number of nitrogens with zero attached hydrogens (tertiary/aromatic N) is 4. The summed E-state index contributed by atoms with van der Waals surface area (Å²) in [5, 5.41) is 6.93. The lowest BCUT2D eigenvalue weighted by Crippen LogP contribution is -2.42. The van der Waals surface area contributed by atoms with E-state index in [9.17, 15) is 14.4 Å². The molecule has 6 rings (SSSR count). The predicted octanol–water partition coefficient (Wildman–Crippen LogP) is 2.94. The Morgan fingerprint density at radius 3 is 2.47 bits per heavy atom. The van der Waals surface area contributed by atoms with Gasteiger partial charge in [-0.15, -0.1) is 0 Å². The van der Waals surface area contributed by atoms with E-state index < -0.39 is 17.2 Å². The third-order valence-electron chi connectivity index (χ3n) is 6.15. The molecule has 0 bridgehead atoms. The molecule has 11 heteroatoms. The predicted molar refractivity (Wildman–Crippen MR) is 137 cm³/mol. The zero-order valence-corrected chi connectivity index (χ0v) is 20.2. The van der Waals surface area contributed by atoms with Crippen molar-refractivity contribution in [3.05, 3.63) is 99.0 Å². The van der Waals surface area contributed by atoms with Crippen LogP contribution in [0, 0.1) is 6.92 Å². The van der Waals surface area contributed by atoms with Crippen molar-refractivity contribution in [1.29, 1.82) is 0 Å². The molecule has 1 aliphatic heterocycles. The van der Waals surface area contributed by atoms with Gasteiger partial charge >= 0.3 is 5.69 Å². The minimum atomic E-state index is -0.708. The summed E-state index contributed by atoms with van der Waals surface area (Å²) in [6.07, 6.45) is 0. The summed E-state index contributed by atoms with van der Waals surface area (Å²) >= 11 is 0. The van der Waals surface area contributed by atoms with E-state index in [1.807, 2.05) is 49.4 Å². The van der Waals surface area contributed by atoms with Gasteiger partial charge in [0, 0.05) is 17.3 Å². The summed E-state index contributed by atoms with van der Waals surface area (Å²) in [6.45, 7) is 1.31. The van der Waals surface area contributed by atoms with E-state index in [0.717, 1.165) is 15.7 Å². The summed E-state index contributed by atoms with van der Waals surface area (Å²) in [5.74, 6) is 0.712. The Morgan fingerprint density at radius 2 is 1.71 bits per heavy atom. The number of aromatic nitrogens is 4. The summed E-state index contributed by atoms with van der Waals surface area (Å²) < 4.78 is 18.4. The number of hydrogen-bond donors (Lipinski definition) is 1. The zero-order chi connectivity index (χ0) is 26.2. The van der Waals surface area contributed by atoms with Crippen molar-refractivity contribution in [2.45, 2.75) is 20.0 Å². The summed E-state index contributed by atoms with van der Waals surface area (Å²) in [4.78, 5) is 44.4. The summed E-state index contributed by atoms with van der Waals surface area (Å²) in [5.41, 5.74) is 1.31. The molecule has 1 amide bonds. The first-order valence-electron chi connectivity index (χ1n) is 11.8. The number of rotatable bonds is 6. The summed E-state index contributed by atoms with van der Waals surface area (Å²) in [6, 6.07) is 19.5. The van der Waals surface area contributed by atoms with E-state index in [2.05, 4.69) is 15.5 Å². The van der Waals surface area contributed by atoms with Crippen LogP contribution in [0.25, 0.3) is 22.3 Å². The Morgan fingerprint density at radius 1 is 0.974 bits per heavy atom. The molecule has 0 fully saturated rings. The minimum Gasteiger partial charge on any atom is -0.454 e. The number of ether oxygens (including phenoxy) is 2. The second-order valence-electron chi connectivity index (χ2n) is 8.77. The number of aryl methyl sites for hydroxylation is 1. The van der Waals surface area contributed by atoms with E-state index in [1.54, 1.807) is 12.1 Å². The molecule has 190 valence electrons. The van der Waals surface area contributed by atoms with Gasteiger partial charge in [-0.1, -0.05) is 53.2 Å². The van der Waals surface area contributed by atoms with Gasteiger partial charge in [0.2, 0.25) is 24.4 Å². The van der Waals surface area contributed by atoms with Crippen molar-refractivity contribution in [2.24, 2.45) is 0 Å². The smallest absolute Gasteiger partial charge is 0.332 e. The molecule has 0 spiro atoms. The molecule has 2 aromatic heterocycles. The average molecular weight is 511 g/mol. The second-order valence-corrected chi connectivity index (χ2v) is 8.77. The second kappa shape index (κ2) is 9.36. The maximum Gasteiger partial charge on any atom is 0.332 e. The molecule has 1 N–H and O–H groups in total. The lowest BCUT2D eigenvalue weighted by molar-refractivity contribution is -0.116. The van der Waals surface area contributed by atoms with Crippen LogP contribution in [0.2, 0.25) is 0 Å². The third kappa shape index (κ3) is 4.30. The Balaban J connectivity index is 1.41. The van der Waals surface area contributed by atoms with E-state index >= 15 is 0 Å². The third-order valence-corrected chi connectivity index (χ3v) is 6.15. The highest BCUT2D eigenvalue weighted by Crippen LogP contribution is 2.34. The molecule has 0 saturated carbocycles. The van der Waals surface area contributed by atoms with Gasteiger partial charge in [0.1, 0.15) is 13.1 Å². The Bertz CT molecular complexity index is 1790. The number of hydrogen-bond acceptors (Lipinski definition) is 8. The molecule has 11 nitrogen and oxygen atoms in total. The van der Waals surface area contributed by atoms with E-state index in [-0.39, 0.29) is 36.7 Å². The van der Waals surface area contributed by atoms with Gasteiger partial charge in [-0.05, 0) is 25.1 Å². The van der Waals surface area contributed by atoms with E-state index in [4.69, 9.17) is 14.0 Å². The summed E-state index contributed by atoms with van der Waals surface area (Å²) in [7, 11) is 0. The number of carbonyl (C=O) groups excluding carboxylic acids is 1. The molecular weight excluding hydrogens is 490 g/mol. The minimum absolute atomic E-state index is 0.0117. The molecule has 0 aliphatic carbocycles. The van der Waals surface area contributed by atoms with E-state index in [0.29, 0.717) is 23.0 Å². The van der Waals surface area contributed by atoms with Crippen LogP contribution in [-0.4, -0.2) is 32.0 Å². The van der Waals surface area contributed by atoms with Crippen molar-refractivity contribution in [2.75, 3.05) is 12.1 Å². The quantitative estimate of drug-likeness (QED) is 0.368. The van der Waals surface area contributed by atoms with Gasteiger partial charge < -0.3 is 19.3 Å². The van der Waals surface area contributed by atoms with Crippen LogP contribution in [0.3, 0.4) is 0 Å². The normalized spacial score (nSPS) is 12.1. The topological polar surface area (TPSA) is 130 Å². The largest absolute Gasteiger partial charge is 0.454 e. The molecule has 38 heavy (non-hydrogen) atoms. The van der Waals surface area contributed by atoms with Crippen molar-refractivity contribution in [3.63, 3.8) is 0 Å². The molecule has 1 aliphatic rings. The molecule has 5 aromatic rings. The Labute approximate surface area is 214 Å². The van der Waals surface area contributed by atoms with Crippen LogP contribution in [0.15, 0.2) is 80.8 Å². The van der Waals surface area contributed by atoms with Crippen LogP contribution >= 0.6 is 0 Å². The van der Waals surface area contributed by atoms with Gasteiger partial charge in [-0.3, -0.25) is 18.7 Å². The van der Waals surface area contributed by atoms with Gasteiger partial charge in [0.25, 0.3) is 5.56 Å². The number of carbonyl (C=O) groups is 1. The van der Waals surface area contributed by atoms with Crippen molar-refractivity contribution >= 4 is 22.5 Å². The van der Waals surface area contributed by atoms with Crippen molar-refractivity contribution in [1.82, 2.24) is 19.3 Å². The molecule has 0 atom stereocenters. The molecule has 0 unspecified atom stereocenters. The maximum atomic E-state index is 13.6. The van der Waals surface area contributed by atoms with Gasteiger partial charge in [0.15, 0.2) is 11.5 Å². The lowest BCUT2D eigenvalue weighted by atomic mass is 10.2. The first-order chi connectivity index (χ1) is 18.5. The molecule has 0 radical (unpaired) electrons. The number of benzene rings is 3. The van der Waals surface area contributed by atoms with Crippen molar-refractivity contribution < 1.29 is 18.8 Å². The molecule has 0 saturated heterocycles. The highest BCUT2D eigenvalue weighted by Gasteiger charge is 2.22. The standard InChI is InChI=1S/C27H21N5O6/c1-16-7-9-18(10-8-16)28-23(33)13-31-20-12-22-21(36-15-37-22)11-19(20)26(34)32(27(31)35)14-24-29-25(30-38-24)17-5-3-2-4-6-17/h2-12H,13-15H2,1H3,(H,28,33). The SMILES string of the molecule is Cc1ccc(NC(=O)Cn2c(=O)n(Cc3nc(-c4ccccc4)no3)c(=O)c3cc4c(cc32)OCO4)cc1. The molecule has 3 heterocycles. The van der Waals surface area contributed by atoms with E-state index in [1.165, 1.54) is 16.7 Å². The molecular formula is C27H21N5O6. The maximum absolute atomic E-state index is 13.6. The van der Waals surface area contributed by atoms with Crippen LogP contribution in [0.1, 0.15) is 11.5 Å². The number of anilines is 1. The Kier molecular flexibility index (Phi) is 5.72. The monoisotopic (exact) mass is 511 g/mol. The van der Waals surface area contributed by atoms with Crippen LogP contribution < -0.4 is 26.0 Å². The Hall–Kier alpha value is -5.19. The number of amides is 1. The highest BCUT2D eigenvalue weighted by molar-refractivity contribution is 5.92. The van der Waals surface area contributed by atoms with Crippen molar-refractivity contribution in [3.8, 4) is 22.9 Å². The first-order valence-corrected chi connectivity index (χ1v) is 11.8. The van der Waals surface area contributed by atoms with Crippen LogP contribution in [0.4, 0.5) is 5.69 Å². The number of nitrogens with one attached hydrogen (secondary N) is 1. The fourth-order valence-corrected chi connectivity index (χ4v) is 4.24. The fourth-order valence-electron chi connectivity index (χ4n) is 4.24. The first kappa shape index (κ1) is 23.2. The van der Waals surface area contributed by atoms with Gasteiger partial charge in [-0.2, -0.15) is 4.98 Å². The van der Waals surface area contributed by atoms with Gasteiger partial charge in [0.05, 0.1) is 10.9 Å². The molecule has 3 aromatic carbocycles. The zero-order valence-electron chi connectivity index (χ0n) is 20.2.